The molecule has 0 aliphatic carbocycles. The van der Waals surface area contributed by atoms with E-state index in [4.69, 9.17) is 4.74 Å². The topological polar surface area (TPSA) is 65.9 Å². The molecule has 1 aliphatic heterocycles. The standard InChI is InChI=1S/C16H25N3O2S.HI/c1-3-17-15(19-11-16(20)7-8-22-12-16)18-10-13-5-4-6-14(9-13)21-2;/h4-6,9,20H,3,7-8,10-12H2,1-2H3,(H2,17,18,19);1H. The van der Waals surface area contributed by atoms with Crippen molar-refractivity contribution in [2.24, 2.45) is 4.99 Å². The molecule has 7 heteroatoms. The van der Waals surface area contributed by atoms with Crippen molar-refractivity contribution in [1.82, 2.24) is 10.6 Å². The largest absolute Gasteiger partial charge is 0.497 e. The van der Waals surface area contributed by atoms with Gasteiger partial charge in [0, 0.05) is 18.8 Å². The highest BCUT2D eigenvalue weighted by molar-refractivity contribution is 14.0. The van der Waals surface area contributed by atoms with Gasteiger partial charge in [0.05, 0.1) is 19.3 Å². The normalized spacial score (nSPS) is 20.7. The molecule has 1 aromatic rings. The summed E-state index contributed by atoms with van der Waals surface area (Å²) in [5, 5.41) is 16.8. The molecule has 3 N–H and O–H groups in total. The van der Waals surface area contributed by atoms with E-state index in [1.807, 2.05) is 31.2 Å². The number of thioether (sulfide) groups is 1. The highest BCUT2D eigenvalue weighted by Gasteiger charge is 2.31. The third kappa shape index (κ3) is 6.76. The Bertz CT molecular complexity index is 508. The zero-order chi connectivity index (χ0) is 15.8. The van der Waals surface area contributed by atoms with Crippen LogP contribution in [0.1, 0.15) is 18.9 Å². The van der Waals surface area contributed by atoms with Crippen LogP contribution >= 0.6 is 35.7 Å². The number of halogens is 1. The van der Waals surface area contributed by atoms with Crippen LogP contribution < -0.4 is 15.4 Å². The minimum atomic E-state index is -0.614. The molecule has 23 heavy (non-hydrogen) atoms. The summed E-state index contributed by atoms with van der Waals surface area (Å²) in [7, 11) is 1.66. The van der Waals surface area contributed by atoms with E-state index < -0.39 is 5.60 Å². The lowest BCUT2D eigenvalue weighted by Crippen LogP contribution is -2.47. The van der Waals surface area contributed by atoms with Crippen molar-refractivity contribution < 1.29 is 9.84 Å². The Morgan fingerprint density at radius 2 is 2.26 bits per heavy atom. The summed E-state index contributed by atoms with van der Waals surface area (Å²) in [4.78, 5) is 4.57. The van der Waals surface area contributed by atoms with E-state index in [1.54, 1.807) is 18.9 Å². The van der Waals surface area contributed by atoms with Crippen molar-refractivity contribution in [3.05, 3.63) is 29.8 Å². The van der Waals surface area contributed by atoms with E-state index in [1.165, 1.54) is 0 Å². The lowest BCUT2D eigenvalue weighted by molar-refractivity contribution is 0.0724. The molecular weight excluding hydrogens is 425 g/mol. The molecule has 2 rings (SSSR count). The first-order valence-electron chi connectivity index (χ1n) is 7.60. The summed E-state index contributed by atoms with van der Waals surface area (Å²) in [6.45, 7) is 3.92. The van der Waals surface area contributed by atoms with Gasteiger partial charge >= 0.3 is 0 Å². The maximum absolute atomic E-state index is 10.4. The van der Waals surface area contributed by atoms with Crippen LogP contribution in [0.3, 0.4) is 0 Å². The molecule has 0 amide bonds. The van der Waals surface area contributed by atoms with E-state index in [2.05, 4.69) is 15.6 Å². The van der Waals surface area contributed by atoms with E-state index in [0.29, 0.717) is 13.1 Å². The molecule has 1 fully saturated rings. The number of hydrogen-bond acceptors (Lipinski definition) is 4. The van der Waals surface area contributed by atoms with Gasteiger partial charge in [-0.25, -0.2) is 4.99 Å². The zero-order valence-electron chi connectivity index (χ0n) is 13.7. The highest BCUT2D eigenvalue weighted by atomic mass is 127. The zero-order valence-corrected chi connectivity index (χ0v) is 16.8. The highest BCUT2D eigenvalue weighted by Crippen LogP contribution is 2.26. The Kier molecular flexibility index (Phi) is 9.08. The van der Waals surface area contributed by atoms with Crippen molar-refractivity contribution >= 4 is 41.7 Å². The molecule has 1 atom stereocenters. The van der Waals surface area contributed by atoms with E-state index in [9.17, 15) is 5.11 Å². The number of nitrogens with zero attached hydrogens (tertiary/aromatic N) is 1. The Balaban J connectivity index is 0.00000264. The third-order valence-corrected chi connectivity index (χ3v) is 4.80. The summed E-state index contributed by atoms with van der Waals surface area (Å²) < 4.78 is 5.22. The SMILES string of the molecule is CCNC(=NCc1cccc(OC)c1)NCC1(O)CCSC1.I. The molecule has 0 saturated carbocycles. The molecule has 1 unspecified atom stereocenters. The average molecular weight is 451 g/mol. The molecule has 0 aromatic heterocycles. The average Bonchev–Trinajstić information content (AvgIpc) is 2.97. The maximum atomic E-state index is 10.4. The fourth-order valence-corrected chi connectivity index (χ4v) is 3.56. The number of aliphatic imine (C=N–C) groups is 1. The number of hydrogen-bond donors (Lipinski definition) is 3. The van der Waals surface area contributed by atoms with Crippen molar-refractivity contribution in [2.45, 2.75) is 25.5 Å². The van der Waals surface area contributed by atoms with Gasteiger partial charge in [-0.15, -0.1) is 24.0 Å². The molecule has 1 aliphatic rings. The van der Waals surface area contributed by atoms with Crippen molar-refractivity contribution in [3.8, 4) is 5.75 Å². The van der Waals surface area contributed by atoms with Crippen LogP contribution in [0.2, 0.25) is 0 Å². The second kappa shape index (κ2) is 10.2. The van der Waals surface area contributed by atoms with Gasteiger partial charge in [0.1, 0.15) is 5.75 Å². The Hall–Kier alpha value is -0.670. The van der Waals surface area contributed by atoms with Crippen LogP contribution in [-0.2, 0) is 6.54 Å². The molecule has 0 radical (unpaired) electrons. The van der Waals surface area contributed by atoms with Crippen LogP contribution in [0.25, 0.3) is 0 Å². The van der Waals surface area contributed by atoms with Gasteiger partial charge in [-0.05, 0) is 36.8 Å². The van der Waals surface area contributed by atoms with E-state index in [-0.39, 0.29) is 24.0 Å². The first kappa shape index (κ1) is 20.4. The second-order valence-electron chi connectivity index (χ2n) is 5.43. The summed E-state index contributed by atoms with van der Waals surface area (Å²) in [5.41, 5.74) is 0.475. The summed E-state index contributed by atoms with van der Waals surface area (Å²) in [5.74, 6) is 3.38. The predicted molar refractivity (Wildman–Crippen MR) is 108 cm³/mol. The summed E-state index contributed by atoms with van der Waals surface area (Å²) >= 11 is 1.80. The fraction of sp³-hybridized carbons (Fsp3) is 0.562. The van der Waals surface area contributed by atoms with Crippen LogP contribution in [0.15, 0.2) is 29.3 Å². The molecule has 5 nitrogen and oxygen atoms in total. The molecule has 1 aromatic carbocycles. The number of benzene rings is 1. The van der Waals surface area contributed by atoms with Gasteiger partial charge in [-0.3, -0.25) is 0 Å². The fourth-order valence-electron chi connectivity index (χ4n) is 2.27. The molecule has 1 saturated heterocycles. The first-order chi connectivity index (χ1) is 10.6. The van der Waals surface area contributed by atoms with Gasteiger partial charge in [-0.1, -0.05) is 12.1 Å². The molecular formula is C16H26IN3O2S. The Morgan fingerprint density at radius 3 is 2.91 bits per heavy atom. The van der Waals surface area contributed by atoms with Gasteiger partial charge in [0.2, 0.25) is 0 Å². The second-order valence-corrected chi connectivity index (χ2v) is 6.53. The predicted octanol–water partition coefficient (Wildman–Crippen LogP) is 2.24. The number of methoxy groups -OCH3 is 1. The monoisotopic (exact) mass is 451 g/mol. The third-order valence-electron chi connectivity index (χ3n) is 3.57. The number of guanidine groups is 1. The molecule has 0 bridgehead atoms. The van der Waals surface area contributed by atoms with Gasteiger partial charge in [0.15, 0.2) is 5.96 Å². The molecule has 130 valence electrons. The molecule has 0 spiro atoms. The summed E-state index contributed by atoms with van der Waals surface area (Å²) in [6.07, 6.45) is 0.833. The Morgan fingerprint density at radius 1 is 1.43 bits per heavy atom. The van der Waals surface area contributed by atoms with E-state index >= 15 is 0 Å². The number of aliphatic hydroxyl groups is 1. The van der Waals surface area contributed by atoms with Crippen molar-refractivity contribution in [1.29, 1.82) is 0 Å². The molecule has 1 heterocycles. The van der Waals surface area contributed by atoms with Crippen LogP contribution in [0.4, 0.5) is 0 Å². The lowest BCUT2D eigenvalue weighted by atomic mass is 10.0. The minimum absolute atomic E-state index is 0. The number of ether oxygens (including phenoxy) is 1. The lowest BCUT2D eigenvalue weighted by Gasteiger charge is -2.23. The van der Waals surface area contributed by atoms with E-state index in [0.717, 1.165) is 41.7 Å². The summed E-state index contributed by atoms with van der Waals surface area (Å²) in [6, 6.07) is 7.89. The van der Waals surface area contributed by atoms with Crippen LogP contribution in [0.5, 0.6) is 5.75 Å². The quantitative estimate of drug-likeness (QED) is 0.352. The smallest absolute Gasteiger partial charge is 0.191 e. The van der Waals surface area contributed by atoms with Gasteiger partial charge in [-0.2, -0.15) is 11.8 Å². The minimum Gasteiger partial charge on any atom is -0.497 e. The van der Waals surface area contributed by atoms with Crippen LogP contribution in [-0.4, -0.2) is 48.4 Å². The van der Waals surface area contributed by atoms with Crippen molar-refractivity contribution in [2.75, 3.05) is 31.7 Å². The first-order valence-corrected chi connectivity index (χ1v) is 8.76. The maximum Gasteiger partial charge on any atom is 0.191 e. The van der Waals surface area contributed by atoms with Gasteiger partial charge in [0.25, 0.3) is 0 Å². The van der Waals surface area contributed by atoms with Crippen LogP contribution in [0, 0.1) is 0 Å². The van der Waals surface area contributed by atoms with Gasteiger partial charge < -0.3 is 20.5 Å². The number of rotatable bonds is 6. The Labute approximate surface area is 159 Å². The number of nitrogens with one attached hydrogen (secondary N) is 2. The van der Waals surface area contributed by atoms with Crippen molar-refractivity contribution in [3.63, 3.8) is 0 Å².